The van der Waals surface area contributed by atoms with Crippen LogP contribution in [-0.4, -0.2) is 0 Å². The maximum atomic E-state index is 3.73. The summed E-state index contributed by atoms with van der Waals surface area (Å²) in [6.07, 6.45) is 0. The fourth-order valence-corrected chi connectivity index (χ4v) is 6.21. The van der Waals surface area contributed by atoms with E-state index in [2.05, 4.69) is 139 Å². The molecule has 4 aromatic carbocycles. The molecule has 0 aromatic heterocycles. The zero-order chi connectivity index (χ0) is 19.8. The summed E-state index contributed by atoms with van der Waals surface area (Å²) in [6, 6.07) is 28.8. The van der Waals surface area contributed by atoms with E-state index in [1.54, 1.807) is 0 Å². The van der Waals surface area contributed by atoms with E-state index in [1.807, 2.05) is 0 Å². The summed E-state index contributed by atoms with van der Waals surface area (Å²) in [5.41, 5.74) is 9.86. The maximum Gasteiger partial charge on any atom is 0.0755 e. The van der Waals surface area contributed by atoms with Gasteiger partial charge in [0.05, 0.1) is 5.41 Å². The quantitative estimate of drug-likeness (QED) is 0.170. The van der Waals surface area contributed by atoms with Crippen molar-refractivity contribution >= 4 is 65.8 Å². The molecular formula is C25H14Br2IN. The predicted molar refractivity (Wildman–Crippen MR) is 135 cm³/mol. The molecule has 2 aliphatic rings. The highest BCUT2D eigenvalue weighted by molar-refractivity contribution is 14.1. The molecule has 6 rings (SSSR count). The summed E-state index contributed by atoms with van der Waals surface area (Å²) in [5, 5.41) is 3.68. The predicted octanol–water partition coefficient (Wildman–Crippen LogP) is 8.24. The molecule has 1 nitrogen and oxygen atoms in total. The SMILES string of the molecule is Brc1ccc2c(c1)C1(c3cc(Br)ccc3N2)c2ccccc2-c2ccc(I)cc21. The molecule has 0 radical (unpaired) electrons. The fourth-order valence-electron chi connectivity index (χ4n) is 4.99. The van der Waals surface area contributed by atoms with E-state index in [-0.39, 0.29) is 5.41 Å². The Morgan fingerprint density at radius 2 is 1.24 bits per heavy atom. The Bertz CT molecular complexity index is 1280. The normalized spacial score (nSPS) is 14.6. The lowest BCUT2D eigenvalue weighted by atomic mass is 9.65. The number of fused-ring (bicyclic) bond motifs is 9. The van der Waals surface area contributed by atoms with Crippen molar-refractivity contribution in [2.75, 3.05) is 5.32 Å². The lowest BCUT2D eigenvalue weighted by Gasteiger charge is -2.40. The Hall–Kier alpha value is -1.63. The van der Waals surface area contributed by atoms with E-state index in [4.69, 9.17) is 0 Å². The minimum Gasteiger partial charge on any atom is -0.355 e. The van der Waals surface area contributed by atoms with Gasteiger partial charge in [0.1, 0.15) is 0 Å². The Morgan fingerprint density at radius 1 is 0.621 bits per heavy atom. The summed E-state index contributed by atoms with van der Waals surface area (Å²) in [7, 11) is 0. The summed E-state index contributed by atoms with van der Waals surface area (Å²) >= 11 is 9.89. The van der Waals surface area contributed by atoms with E-state index >= 15 is 0 Å². The average Bonchev–Trinajstić information content (AvgIpc) is 3.00. The van der Waals surface area contributed by atoms with Crippen LogP contribution in [0.3, 0.4) is 0 Å². The number of halogens is 3. The molecule has 1 aliphatic heterocycles. The van der Waals surface area contributed by atoms with Crippen LogP contribution in [0, 0.1) is 3.57 Å². The van der Waals surface area contributed by atoms with Crippen molar-refractivity contribution < 1.29 is 0 Å². The molecule has 0 amide bonds. The molecule has 4 heteroatoms. The zero-order valence-corrected chi connectivity index (χ0v) is 20.5. The van der Waals surface area contributed by atoms with Crippen LogP contribution >= 0.6 is 54.5 Å². The van der Waals surface area contributed by atoms with E-state index in [0.29, 0.717) is 0 Å². The summed E-state index contributed by atoms with van der Waals surface area (Å²) < 4.78 is 3.43. The van der Waals surface area contributed by atoms with Gasteiger partial charge in [0.2, 0.25) is 0 Å². The average molecular weight is 615 g/mol. The molecule has 0 atom stereocenters. The lowest BCUT2D eigenvalue weighted by Crippen LogP contribution is -2.33. The number of rotatable bonds is 0. The first kappa shape index (κ1) is 18.2. The van der Waals surface area contributed by atoms with Crippen molar-refractivity contribution in [1.29, 1.82) is 0 Å². The number of hydrogen-bond donors (Lipinski definition) is 1. The van der Waals surface area contributed by atoms with Gasteiger partial charge in [-0.05, 0) is 105 Å². The molecule has 1 spiro atoms. The molecule has 0 bridgehead atoms. The first-order valence-corrected chi connectivity index (χ1v) is 12.0. The van der Waals surface area contributed by atoms with Crippen molar-refractivity contribution in [3.63, 3.8) is 0 Å². The van der Waals surface area contributed by atoms with Crippen molar-refractivity contribution in [1.82, 2.24) is 0 Å². The zero-order valence-electron chi connectivity index (χ0n) is 15.1. The smallest absolute Gasteiger partial charge is 0.0755 e. The van der Waals surface area contributed by atoms with Gasteiger partial charge in [-0.3, -0.25) is 0 Å². The van der Waals surface area contributed by atoms with Crippen LogP contribution in [0.5, 0.6) is 0 Å². The van der Waals surface area contributed by atoms with Gasteiger partial charge >= 0.3 is 0 Å². The lowest BCUT2D eigenvalue weighted by molar-refractivity contribution is 0.761. The number of benzene rings is 4. The van der Waals surface area contributed by atoms with Gasteiger partial charge in [-0.2, -0.15) is 0 Å². The van der Waals surface area contributed by atoms with Crippen LogP contribution < -0.4 is 5.32 Å². The number of nitrogens with one attached hydrogen (secondary N) is 1. The standard InChI is InChI=1S/C25H14Br2IN/c26-14-5-9-23-21(11-14)25(22-12-15(27)6-10-24(22)29-23)19-4-2-1-3-17(19)18-8-7-16(28)13-20(18)25/h1-13,29H. The highest BCUT2D eigenvalue weighted by Crippen LogP contribution is 2.61. The van der Waals surface area contributed by atoms with Gasteiger partial charge < -0.3 is 5.32 Å². The topological polar surface area (TPSA) is 12.0 Å². The molecule has 4 aromatic rings. The highest BCUT2D eigenvalue weighted by atomic mass is 127. The minimum atomic E-state index is -0.351. The fraction of sp³-hybridized carbons (Fsp3) is 0.0400. The monoisotopic (exact) mass is 613 g/mol. The minimum absolute atomic E-state index is 0.351. The Morgan fingerprint density at radius 3 is 1.93 bits per heavy atom. The molecule has 0 saturated carbocycles. The molecule has 0 unspecified atom stereocenters. The third kappa shape index (κ3) is 2.42. The summed E-state index contributed by atoms with van der Waals surface area (Å²) in [5.74, 6) is 0. The number of anilines is 2. The van der Waals surface area contributed by atoms with Gasteiger partial charge in [-0.1, -0.05) is 62.2 Å². The van der Waals surface area contributed by atoms with Crippen LogP contribution in [0.4, 0.5) is 11.4 Å². The van der Waals surface area contributed by atoms with E-state index in [1.165, 1.54) is 37.0 Å². The van der Waals surface area contributed by atoms with Crippen LogP contribution in [0.2, 0.25) is 0 Å². The molecule has 1 aliphatic carbocycles. The van der Waals surface area contributed by atoms with Gasteiger partial charge in [-0.25, -0.2) is 0 Å². The second-order valence-electron chi connectivity index (χ2n) is 7.49. The van der Waals surface area contributed by atoms with Crippen molar-refractivity contribution in [2.45, 2.75) is 5.41 Å². The Balaban J connectivity index is 1.87. The molecule has 29 heavy (non-hydrogen) atoms. The van der Waals surface area contributed by atoms with Gasteiger partial charge in [0.25, 0.3) is 0 Å². The van der Waals surface area contributed by atoms with E-state index < -0.39 is 0 Å². The van der Waals surface area contributed by atoms with Crippen LogP contribution in [0.25, 0.3) is 11.1 Å². The molecule has 0 fully saturated rings. The Labute approximate surface area is 200 Å². The maximum absolute atomic E-state index is 3.73. The highest BCUT2D eigenvalue weighted by Gasteiger charge is 2.50. The molecule has 140 valence electrons. The van der Waals surface area contributed by atoms with Gasteiger partial charge in [-0.15, -0.1) is 0 Å². The van der Waals surface area contributed by atoms with E-state index in [0.717, 1.165) is 20.3 Å². The van der Waals surface area contributed by atoms with Gasteiger partial charge in [0, 0.05) is 23.9 Å². The third-order valence-electron chi connectivity index (χ3n) is 6.05. The first-order valence-electron chi connectivity index (χ1n) is 9.36. The van der Waals surface area contributed by atoms with E-state index in [9.17, 15) is 0 Å². The third-order valence-corrected chi connectivity index (χ3v) is 7.70. The molecule has 0 saturated heterocycles. The Kier molecular flexibility index (Phi) is 4.03. The van der Waals surface area contributed by atoms with Crippen LogP contribution in [-0.2, 0) is 5.41 Å². The van der Waals surface area contributed by atoms with Crippen LogP contribution in [0.15, 0.2) is 87.8 Å². The van der Waals surface area contributed by atoms with Gasteiger partial charge in [0.15, 0.2) is 0 Å². The molecular weight excluding hydrogens is 601 g/mol. The molecule has 1 N–H and O–H groups in total. The number of hydrogen-bond acceptors (Lipinski definition) is 1. The first-order chi connectivity index (χ1) is 14.1. The largest absolute Gasteiger partial charge is 0.355 e. The summed E-state index contributed by atoms with van der Waals surface area (Å²) in [6.45, 7) is 0. The second kappa shape index (κ2) is 6.43. The summed E-state index contributed by atoms with van der Waals surface area (Å²) in [4.78, 5) is 0. The second-order valence-corrected chi connectivity index (χ2v) is 10.6. The van der Waals surface area contributed by atoms with Crippen molar-refractivity contribution in [3.05, 3.63) is 114 Å². The van der Waals surface area contributed by atoms with Crippen LogP contribution in [0.1, 0.15) is 22.3 Å². The van der Waals surface area contributed by atoms with Crippen molar-refractivity contribution in [2.24, 2.45) is 0 Å². The van der Waals surface area contributed by atoms with Crippen molar-refractivity contribution in [3.8, 4) is 11.1 Å². The molecule has 1 heterocycles.